The second-order valence-electron chi connectivity index (χ2n) is 10.3. The number of aromatic nitrogens is 4. The van der Waals surface area contributed by atoms with E-state index in [1.807, 2.05) is 23.2 Å². The fraction of sp³-hybridized carbons (Fsp3) is 0.682. The van der Waals surface area contributed by atoms with Crippen LogP contribution in [0.3, 0.4) is 0 Å². The van der Waals surface area contributed by atoms with Gasteiger partial charge in [-0.1, -0.05) is 11.6 Å². The molecule has 2 atom stereocenters. The van der Waals surface area contributed by atoms with Gasteiger partial charge in [0.05, 0.1) is 39.2 Å². The summed E-state index contributed by atoms with van der Waals surface area (Å²) in [6, 6.07) is 0. The van der Waals surface area contributed by atoms with Gasteiger partial charge in [-0.15, -0.1) is 0 Å². The van der Waals surface area contributed by atoms with Crippen LogP contribution in [0.1, 0.15) is 63.3 Å². The van der Waals surface area contributed by atoms with E-state index >= 15 is 0 Å². The van der Waals surface area contributed by atoms with Gasteiger partial charge in [0, 0.05) is 13.0 Å². The lowest BCUT2D eigenvalue weighted by molar-refractivity contribution is -0.389. The fourth-order valence-corrected chi connectivity index (χ4v) is 7.95. The number of hydrogen-bond acceptors (Lipinski definition) is 5. The van der Waals surface area contributed by atoms with Crippen LogP contribution in [0, 0.1) is 34.3 Å². The maximum absolute atomic E-state index is 13.1. The van der Waals surface area contributed by atoms with Gasteiger partial charge in [-0.05, 0) is 90.5 Å². The van der Waals surface area contributed by atoms with Gasteiger partial charge in [-0.2, -0.15) is 9.78 Å². The average Bonchev–Trinajstić information content (AvgIpc) is 3.24. The van der Waals surface area contributed by atoms with Gasteiger partial charge < -0.3 is 15.4 Å². The van der Waals surface area contributed by atoms with E-state index in [2.05, 4.69) is 31.4 Å². The van der Waals surface area contributed by atoms with Gasteiger partial charge in [0.1, 0.15) is 0 Å². The number of carbonyl (C=O) groups is 1. The predicted molar refractivity (Wildman–Crippen MR) is 126 cm³/mol. The number of nitrogens with zero attached hydrogens (tertiary/aromatic N) is 5. The summed E-state index contributed by atoms with van der Waals surface area (Å²) in [7, 11) is 0. The van der Waals surface area contributed by atoms with Crippen molar-refractivity contribution in [1.29, 1.82) is 0 Å². The van der Waals surface area contributed by atoms with Crippen LogP contribution in [0.5, 0.6) is 0 Å². The van der Waals surface area contributed by atoms with Crippen molar-refractivity contribution in [2.75, 3.05) is 0 Å². The van der Waals surface area contributed by atoms with Crippen LogP contribution < -0.4 is 5.32 Å². The lowest BCUT2D eigenvalue weighted by Crippen LogP contribution is -2.58. The van der Waals surface area contributed by atoms with Crippen LogP contribution in [0.2, 0.25) is 5.02 Å². The average molecular weight is 540 g/mol. The Labute approximate surface area is 205 Å². The molecule has 0 saturated heterocycles. The normalized spacial score (nSPS) is 30.1. The highest BCUT2D eigenvalue weighted by molar-refractivity contribution is 9.10. The number of halogens is 2. The first kappa shape index (κ1) is 22.8. The monoisotopic (exact) mass is 538 g/mol. The maximum atomic E-state index is 13.1. The first-order chi connectivity index (χ1) is 15.7. The highest BCUT2D eigenvalue weighted by Crippen LogP contribution is 2.65. The van der Waals surface area contributed by atoms with Crippen LogP contribution in [0.25, 0.3) is 0 Å². The Morgan fingerprint density at radius 3 is 2.67 bits per heavy atom. The van der Waals surface area contributed by atoms with Crippen molar-refractivity contribution >= 4 is 39.3 Å². The molecule has 6 rings (SSSR count). The minimum Gasteiger partial charge on any atom is -0.358 e. The molecule has 1 N–H and O–H groups in total. The Morgan fingerprint density at radius 1 is 1.36 bits per heavy atom. The summed E-state index contributed by atoms with van der Waals surface area (Å²) in [6.45, 7) is 5.01. The third kappa shape index (κ3) is 3.79. The molecule has 9 nitrogen and oxygen atoms in total. The van der Waals surface area contributed by atoms with Crippen molar-refractivity contribution in [3.05, 3.63) is 37.2 Å². The largest absolute Gasteiger partial charge is 0.408 e. The Morgan fingerprint density at radius 2 is 2.06 bits per heavy atom. The maximum Gasteiger partial charge on any atom is 0.408 e. The van der Waals surface area contributed by atoms with Crippen LogP contribution >= 0.6 is 27.5 Å². The number of carbonyl (C=O) groups excluding carboxylic acids is 1. The molecule has 2 aromatic rings. The number of amides is 1. The van der Waals surface area contributed by atoms with E-state index in [1.165, 1.54) is 6.42 Å². The molecule has 178 valence electrons. The van der Waals surface area contributed by atoms with E-state index in [-0.39, 0.29) is 27.7 Å². The van der Waals surface area contributed by atoms with Gasteiger partial charge in [-0.3, -0.25) is 9.48 Å². The smallest absolute Gasteiger partial charge is 0.358 e. The molecule has 0 radical (unpaired) electrons. The number of aryl methyl sites for hydroxylation is 1. The highest BCUT2D eigenvalue weighted by atomic mass is 79.9. The molecule has 4 aliphatic rings. The zero-order valence-corrected chi connectivity index (χ0v) is 21.2. The second-order valence-corrected chi connectivity index (χ2v) is 11.5. The van der Waals surface area contributed by atoms with Crippen LogP contribution in [0.4, 0.5) is 5.82 Å². The molecule has 11 heteroatoms. The number of nitrogens with one attached hydrogen (secondary N) is 1. The first-order valence-corrected chi connectivity index (χ1v) is 12.7. The SMILES string of the molecule is CCn1ncc(Br)c1CNC(=O)CC12CC3CC(C1)CC(n1nc([N+](=O)[O-])c(Cl)c1C)(C3)C2. The molecule has 1 amide bonds. The van der Waals surface area contributed by atoms with E-state index in [0.29, 0.717) is 30.5 Å². The van der Waals surface area contributed by atoms with Crippen molar-refractivity contribution in [1.82, 2.24) is 24.9 Å². The van der Waals surface area contributed by atoms with E-state index in [0.717, 1.165) is 48.8 Å². The third-order valence-electron chi connectivity index (χ3n) is 7.99. The van der Waals surface area contributed by atoms with Crippen molar-refractivity contribution in [2.24, 2.45) is 17.3 Å². The molecule has 33 heavy (non-hydrogen) atoms. The molecule has 0 aromatic carbocycles. The zero-order chi connectivity index (χ0) is 23.5. The Kier molecular flexibility index (Phi) is 5.59. The molecule has 0 aliphatic heterocycles. The summed E-state index contributed by atoms with van der Waals surface area (Å²) in [5, 5.41) is 23.4. The molecular weight excluding hydrogens is 512 g/mol. The van der Waals surface area contributed by atoms with Gasteiger partial charge in [-0.25, -0.2) is 0 Å². The van der Waals surface area contributed by atoms with Crippen molar-refractivity contribution in [3.63, 3.8) is 0 Å². The van der Waals surface area contributed by atoms with Gasteiger partial charge in [0.15, 0.2) is 5.02 Å². The van der Waals surface area contributed by atoms with E-state index in [9.17, 15) is 14.9 Å². The molecule has 2 aromatic heterocycles. The molecule has 2 unspecified atom stereocenters. The van der Waals surface area contributed by atoms with Crippen molar-refractivity contribution in [2.45, 2.75) is 77.4 Å². The third-order valence-corrected chi connectivity index (χ3v) is 9.09. The summed E-state index contributed by atoms with van der Waals surface area (Å²) in [5.74, 6) is 0.797. The summed E-state index contributed by atoms with van der Waals surface area (Å²) in [5.41, 5.74) is 1.22. The van der Waals surface area contributed by atoms with E-state index < -0.39 is 4.92 Å². The molecule has 4 bridgehead atoms. The minimum absolute atomic E-state index is 0.0454. The van der Waals surface area contributed by atoms with Crippen LogP contribution in [0.15, 0.2) is 10.7 Å². The molecule has 0 spiro atoms. The standard InChI is InChI=1S/C22H28BrClN6O3/c1-3-28-17(16(23)10-26-28)11-25-18(31)9-21-5-14-4-15(6-21)8-22(7-14,12-21)29-13(2)19(24)20(27-29)30(32)33/h10,14-15H,3-9,11-12H2,1-2H3,(H,25,31). The van der Waals surface area contributed by atoms with Crippen molar-refractivity contribution in [3.8, 4) is 0 Å². The Balaban J connectivity index is 1.37. The van der Waals surface area contributed by atoms with Crippen LogP contribution in [-0.4, -0.2) is 30.4 Å². The molecule has 4 aliphatic carbocycles. The first-order valence-electron chi connectivity index (χ1n) is 11.5. The van der Waals surface area contributed by atoms with Crippen LogP contribution in [-0.2, 0) is 23.4 Å². The molecular formula is C22H28BrClN6O3. The Bertz CT molecular complexity index is 1110. The number of rotatable bonds is 7. The van der Waals surface area contributed by atoms with Gasteiger partial charge in [0.2, 0.25) is 5.91 Å². The number of hydrogen-bond donors (Lipinski definition) is 1. The lowest BCUT2D eigenvalue weighted by atomic mass is 9.46. The topological polar surface area (TPSA) is 108 Å². The fourth-order valence-electron chi connectivity index (χ4n) is 7.32. The Hall–Kier alpha value is -1.94. The molecule has 4 fully saturated rings. The van der Waals surface area contributed by atoms with Gasteiger partial charge in [0.25, 0.3) is 0 Å². The second kappa shape index (κ2) is 8.08. The summed E-state index contributed by atoms with van der Waals surface area (Å²) in [4.78, 5) is 24.0. The van der Waals surface area contributed by atoms with Gasteiger partial charge >= 0.3 is 5.82 Å². The van der Waals surface area contributed by atoms with E-state index in [4.69, 9.17) is 11.6 Å². The quantitative estimate of drug-likeness (QED) is 0.404. The van der Waals surface area contributed by atoms with Crippen molar-refractivity contribution < 1.29 is 9.72 Å². The predicted octanol–water partition coefficient (Wildman–Crippen LogP) is 4.73. The molecule has 2 heterocycles. The number of nitro groups is 1. The summed E-state index contributed by atoms with van der Waals surface area (Å²) < 4.78 is 4.61. The highest BCUT2D eigenvalue weighted by Gasteiger charge is 2.60. The summed E-state index contributed by atoms with van der Waals surface area (Å²) in [6.07, 6.45) is 8.17. The molecule has 4 saturated carbocycles. The summed E-state index contributed by atoms with van der Waals surface area (Å²) >= 11 is 9.81. The lowest BCUT2D eigenvalue weighted by Gasteiger charge is -2.61. The zero-order valence-electron chi connectivity index (χ0n) is 18.8. The minimum atomic E-state index is -0.505. The van der Waals surface area contributed by atoms with E-state index in [1.54, 1.807) is 6.20 Å².